The van der Waals surface area contributed by atoms with E-state index in [9.17, 15) is 4.79 Å². The Kier molecular flexibility index (Phi) is 5.42. The first-order valence-electron chi connectivity index (χ1n) is 5.44. The number of carbonyl (C=O) groups excluding carboxylic acids is 1. The minimum atomic E-state index is -0.529. The van der Waals surface area contributed by atoms with Crippen LogP contribution in [-0.2, 0) is 14.3 Å². The summed E-state index contributed by atoms with van der Waals surface area (Å²) < 4.78 is 10.7. The molecule has 0 aromatic rings. The van der Waals surface area contributed by atoms with Crippen molar-refractivity contribution in [1.29, 1.82) is 0 Å². The molecule has 4 heteroatoms. The van der Waals surface area contributed by atoms with Gasteiger partial charge in [-0.25, -0.2) is 0 Å². The fraction of sp³-hybridized carbons (Fsp3) is 0.833. The maximum absolute atomic E-state index is 11.7. The Labute approximate surface area is 98.7 Å². The number of rotatable bonds is 4. The smallest absolute Gasteiger partial charge is 0.326 e. The normalized spacial score (nSPS) is 14.7. The SMILES string of the molecule is [CH2]N[C@@H](COC(C)(C)C)C(=O)OC(C)(C)C. The van der Waals surface area contributed by atoms with Crippen LogP contribution in [0.15, 0.2) is 0 Å². The van der Waals surface area contributed by atoms with E-state index in [1.807, 2.05) is 41.5 Å². The number of carbonyl (C=O) groups is 1. The number of hydrogen-bond donors (Lipinski definition) is 1. The van der Waals surface area contributed by atoms with E-state index < -0.39 is 11.6 Å². The molecular formula is C12H24NO3. The number of nitrogens with one attached hydrogen (secondary N) is 1. The molecule has 0 aliphatic carbocycles. The van der Waals surface area contributed by atoms with Gasteiger partial charge in [0, 0.05) is 7.05 Å². The van der Waals surface area contributed by atoms with Crippen molar-refractivity contribution in [3.8, 4) is 0 Å². The van der Waals surface area contributed by atoms with E-state index in [1.54, 1.807) is 0 Å². The van der Waals surface area contributed by atoms with Crippen molar-refractivity contribution in [2.45, 2.75) is 58.8 Å². The van der Waals surface area contributed by atoms with Gasteiger partial charge in [-0.15, -0.1) is 0 Å². The summed E-state index contributed by atoms with van der Waals surface area (Å²) in [6.45, 7) is 11.5. The van der Waals surface area contributed by atoms with Gasteiger partial charge in [0.25, 0.3) is 0 Å². The van der Waals surface area contributed by atoms with E-state index in [0.29, 0.717) is 0 Å². The zero-order valence-electron chi connectivity index (χ0n) is 11.2. The molecule has 0 aromatic heterocycles. The van der Waals surface area contributed by atoms with Gasteiger partial charge in [-0.1, -0.05) is 0 Å². The van der Waals surface area contributed by atoms with E-state index in [-0.39, 0.29) is 18.2 Å². The molecule has 0 saturated heterocycles. The first kappa shape index (κ1) is 15.4. The van der Waals surface area contributed by atoms with Crippen LogP contribution in [0.4, 0.5) is 0 Å². The van der Waals surface area contributed by atoms with Gasteiger partial charge in [0.05, 0.1) is 12.2 Å². The Morgan fingerprint density at radius 2 is 1.69 bits per heavy atom. The zero-order valence-corrected chi connectivity index (χ0v) is 11.2. The highest BCUT2D eigenvalue weighted by Crippen LogP contribution is 2.11. The lowest BCUT2D eigenvalue weighted by molar-refractivity contribution is -0.160. The standard InChI is InChI=1S/C12H24NO3/c1-11(2,3)15-8-9(13-7)10(14)16-12(4,5)6/h9,13H,7-8H2,1-6H3/t9-/m0/s1. The number of ether oxygens (including phenoxy) is 2. The van der Waals surface area contributed by atoms with Crippen molar-refractivity contribution < 1.29 is 14.3 Å². The second-order valence-electron chi connectivity index (χ2n) is 5.71. The fourth-order valence-electron chi connectivity index (χ4n) is 0.917. The average Bonchev–Trinajstić information content (AvgIpc) is 1.99. The average molecular weight is 230 g/mol. The molecule has 0 fully saturated rings. The van der Waals surface area contributed by atoms with E-state index in [4.69, 9.17) is 9.47 Å². The predicted molar refractivity (Wildman–Crippen MR) is 63.8 cm³/mol. The van der Waals surface area contributed by atoms with Crippen LogP contribution in [0, 0.1) is 7.05 Å². The largest absolute Gasteiger partial charge is 0.459 e. The molecule has 0 aliphatic heterocycles. The van der Waals surface area contributed by atoms with Gasteiger partial charge in [0.1, 0.15) is 11.6 Å². The zero-order chi connectivity index (χ0) is 13.0. The van der Waals surface area contributed by atoms with Crippen molar-refractivity contribution in [3.63, 3.8) is 0 Å². The molecule has 0 rings (SSSR count). The van der Waals surface area contributed by atoms with E-state index in [2.05, 4.69) is 12.4 Å². The van der Waals surface area contributed by atoms with Gasteiger partial charge in [0.2, 0.25) is 0 Å². The van der Waals surface area contributed by atoms with Crippen molar-refractivity contribution >= 4 is 5.97 Å². The van der Waals surface area contributed by atoms with E-state index in [1.165, 1.54) is 0 Å². The number of hydrogen-bond acceptors (Lipinski definition) is 4. The molecule has 0 bridgehead atoms. The summed E-state index contributed by atoms with van der Waals surface area (Å²) in [5, 5.41) is 2.65. The molecule has 0 saturated carbocycles. The van der Waals surface area contributed by atoms with Crippen LogP contribution in [0.5, 0.6) is 0 Å². The van der Waals surface area contributed by atoms with Gasteiger partial charge in [-0.2, -0.15) is 0 Å². The summed E-state index contributed by atoms with van der Waals surface area (Å²) in [6, 6.07) is -0.529. The molecule has 0 aromatic carbocycles. The molecule has 1 radical (unpaired) electrons. The molecule has 95 valence electrons. The van der Waals surface area contributed by atoms with E-state index in [0.717, 1.165) is 0 Å². The quantitative estimate of drug-likeness (QED) is 0.749. The Morgan fingerprint density at radius 1 is 1.19 bits per heavy atom. The third-order valence-corrected chi connectivity index (χ3v) is 1.62. The lowest BCUT2D eigenvalue weighted by Gasteiger charge is -2.26. The Morgan fingerprint density at radius 3 is 2.00 bits per heavy atom. The molecule has 1 atom stereocenters. The first-order valence-corrected chi connectivity index (χ1v) is 5.44. The molecule has 0 unspecified atom stereocenters. The molecule has 0 aliphatic rings. The van der Waals surface area contributed by atoms with E-state index >= 15 is 0 Å². The van der Waals surface area contributed by atoms with Gasteiger partial charge < -0.3 is 14.8 Å². The third kappa shape index (κ3) is 7.65. The Balaban J connectivity index is 4.23. The third-order valence-electron chi connectivity index (χ3n) is 1.62. The van der Waals surface area contributed by atoms with Gasteiger partial charge >= 0.3 is 5.97 Å². The van der Waals surface area contributed by atoms with Crippen molar-refractivity contribution in [3.05, 3.63) is 7.05 Å². The highest BCUT2D eigenvalue weighted by Gasteiger charge is 2.25. The summed E-state index contributed by atoms with van der Waals surface area (Å²) in [7, 11) is 3.51. The lowest BCUT2D eigenvalue weighted by Crippen LogP contribution is -2.43. The predicted octanol–water partition coefficient (Wildman–Crippen LogP) is 1.89. The highest BCUT2D eigenvalue weighted by molar-refractivity contribution is 5.76. The van der Waals surface area contributed by atoms with Crippen LogP contribution in [0.3, 0.4) is 0 Å². The highest BCUT2D eigenvalue weighted by atomic mass is 16.6. The van der Waals surface area contributed by atoms with Crippen LogP contribution >= 0.6 is 0 Å². The molecule has 1 N–H and O–H groups in total. The second kappa shape index (κ2) is 5.64. The van der Waals surface area contributed by atoms with Crippen LogP contribution in [0.2, 0.25) is 0 Å². The van der Waals surface area contributed by atoms with Crippen LogP contribution in [0.1, 0.15) is 41.5 Å². The first-order chi connectivity index (χ1) is 7.05. The summed E-state index contributed by atoms with van der Waals surface area (Å²) >= 11 is 0. The lowest BCUT2D eigenvalue weighted by atomic mass is 10.2. The van der Waals surface area contributed by atoms with Crippen LogP contribution < -0.4 is 5.32 Å². The topological polar surface area (TPSA) is 47.6 Å². The maximum atomic E-state index is 11.7. The maximum Gasteiger partial charge on any atom is 0.326 e. The summed E-state index contributed by atoms with van der Waals surface area (Å²) in [5.74, 6) is -0.341. The summed E-state index contributed by atoms with van der Waals surface area (Å²) in [5.41, 5.74) is -0.773. The minimum absolute atomic E-state index is 0.252. The number of esters is 1. The van der Waals surface area contributed by atoms with Crippen LogP contribution in [0.25, 0.3) is 0 Å². The minimum Gasteiger partial charge on any atom is -0.459 e. The molecule has 16 heavy (non-hydrogen) atoms. The van der Waals surface area contributed by atoms with Gasteiger partial charge in [-0.3, -0.25) is 4.79 Å². The van der Waals surface area contributed by atoms with Crippen molar-refractivity contribution in [1.82, 2.24) is 5.32 Å². The Hall–Kier alpha value is -0.610. The van der Waals surface area contributed by atoms with Crippen molar-refractivity contribution in [2.75, 3.05) is 6.61 Å². The Bertz CT molecular complexity index is 225. The molecule has 0 amide bonds. The molecule has 4 nitrogen and oxygen atoms in total. The fourth-order valence-corrected chi connectivity index (χ4v) is 0.917. The molecule has 0 spiro atoms. The van der Waals surface area contributed by atoms with Gasteiger partial charge in [0.15, 0.2) is 0 Å². The van der Waals surface area contributed by atoms with Crippen molar-refractivity contribution in [2.24, 2.45) is 0 Å². The van der Waals surface area contributed by atoms with Crippen LogP contribution in [-0.4, -0.2) is 29.8 Å². The summed E-state index contributed by atoms with van der Waals surface area (Å²) in [6.07, 6.45) is 0. The molecular weight excluding hydrogens is 206 g/mol. The second-order valence-corrected chi connectivity index (χ2v) is 5.71. The molecule has 0 heterocycles. The monoisotopic (exact) mass is 230 g/mol. The summed E-state index contributed by atoms with van der Waals surface area (Å²) in [4.78, 5) is 11.7. The van der Waals surface area contributed by atoms with Gasteiger partial charge in [-0.05, 0) is 41.5 Å².